The molecule has 2 aromatic heterocycles. The molecule has 3 rings (SSSR count). The van der Waals surface area contributed by atoms with Gasteiger partial charge in [-0.25, -0.2) is 8.78 Å². The van der Waals surface area contributed by atoms with E-state index in [2.05, 4.69) is 15.2 Å². The van der Waals surface area contributed by atoms with E-state index in [1.165, 1.54) is 0 Å². The van der Waals surface area contributed by atoms with Crippen LogP contribution in [0.15, 0.2) is 23.0 Å². The van der Waals surface area contributed by atoms with Crippen LogP contribution in [-0.4, -0.2) is 43.2 Å². The topological polar surface area (TPSA) is 77.0 Å². The Balaban J connectivity index is 1.72. The number of aromatic nitrogens is 4. The van der Waals surface area contributed by atoms with Gasteiger partial charge in [-0.1, -0.05) is 5.16 Å². The number of halogens is 2. The van der Waals surface area contributed by atoms with Gasteiger partial charge in [0.15, 0.2) is 5.82 Å². The third kappa shape index (κ3) is 2.97. The lowest BCUT2D eigenvalue weighted by Crippen LogP contribution is -2.33. The molecule has 0 radical (unpaired) electrons. The predicted molar refractivity (Wildman–Crippen MR) is 69.9 cm³/mol. The molecule has 22 heavy (non-hydrogen) atoms. The Kier molecular flexibility index (Phi) is 3.63. The summed E-state index contributed by atoms with van der Waals surface area (Å²) in [6, 6.07) is 0.861. The summed E-state index contributed by atoms with van der Waals surface area (Å²) in [5.41, 5.74) is 0. The van der Waals surface area contributed by atoms with Crippen LogP contribution in [0.3, 0.4) is 0 Å². The lowest BCUT2D eigenvalue weighted by Gasteiger charge is -2.21. The second kappa shape index (κ2) is 5.47. The molecular formula is C13H15F2N5O2. The van der Waals surface area contributed by atoms with Crippen LogP contribution in [-0.2, 0) is 11.3 Å². The van der Waals surface area contributed by atoms with Crippen molar-refractivity contribution in [2.75, 3.05) is 6.54 Å². The first kappa shape index (κ1) is 14.6. The monoisotopic (exact) mass is 311 g/mol. The van der Waals surface area contributed by atoms with Gasteiger partial charge in [0, 0.05) is 31.8 Å². The molecule has 0 saturated carbocycles. The number of aryl methyl sites for hydroxylation is 2. The molecule has 2 aromatic rings. The zero-order valence-electron chi connectivity index (χ0n) is 11.9. The molecule has 1 amide bonds. The number of nitrogens with zero attached hydrogens (tertiary/aromatic N) is 5. The van der Waals surface area contributed by atoms with E-state index in [9.17, 15) is 13.6 Å². The minimum absolute atomic E-state index is 0.0575. The van der Waals surface area contributed by atoms with E-state index in [1.807, 2.05) is 0 Å². The number of hydrogen-bond donors (Lipinski definition) is 0. The summed E-state index contributed by atoms with van der Waals surface area (Å²) in [5, 5.41) is 7.59. The van der Waals surface area contributed by atoms with Crippen molar-refractivity contribution in [1.29, 1.82) is 0 Å². The molecule has 0 bridgehead atoms. The van der Waals surface area contributed by atoms with Gasteiger partial charge < -0.3 is 9.42 Å². The molecule has 1 saturated heterocycles. The molecule has 1 aliphatic heterocycles. The van der Waals surface area contributed by atoms with Gasteiger partial charge in [0.25, 0.3) is 5.92 Å². The maximum atomic E-state index is 13.7. The van der Waals surface area contributed by atoms with Crippen molar-refractivity contribution in [1.82, 2.24) is 24.8 Å². The van der Waals surface area contributed by atoms with Crippen LogP contribution in [0.4, 0.5) is 8.78 Å². The highest BCUT2D eigenvalue weighted by molar-refractivity contribution is 5.77. The third-order valence-electron chi connectivity index (χ3n) is 3.53. The van der Waals surface area contributed by atoms with Crippen molar-refractivity contribution in [3.05, 3.63) is 30.2 Å². The molecule has 1 aliphatic rings. The minimum Gasteiger partial charge on any atom is -0.337 e. The van der Waals surface area contributed by atoms with Gasteiger partial charge in [-0.2, -0.15) is 10.1 Å². The maximum Gasteiger partial charge on any atom is 0.267 e. The maximum absolute atomic E-state index is 13.7. The molecule has 1 fully saturated rings. The Morgan fingerprint density at radius 2 is 2.36 bits per heavy atom. The normalized spacial score (nSPS) is 20.5. The first-order valence-electron chi connectivity index (χ1n) is 6.89. The molecule has 9 heteroatoms. The third-order valence-corrected chi connectivity index (χ3v) is 3.53. The van der Waals surface area contributed by atoms with Crippen molar-refractivity contribution in [2.45, 2.75) is 38.3 Å². The molecule has 0 aliphatic carbocycles. The lowest BCUT2D eigenvalue weighted by atomic mass is 10.2. The fourth-order valence-corrected chi connectivity index (χ4v) is 2.53. The van der Waals surface area contributed by atoms with Crippen molar-refractivity contribution < 1.29 is 18.1 Å². The highest BCUT2D eigenvalue weighted by Crippen LogP contribution is 2.40. The Labute approximate surface area is 124 Å². The zero-order valence-corrected chi connectivity index (χ0v) is 11.9. The van der Waals surface area contributed by atoms with Crippen molar-refractivity contribution in [3.63, 3.8) is 0 Å². The number of carbonyl (C=O) groups is 1. The van der Waals surface area contributed by atoms with Gasteiger partial charge in [-0.3, -0.25) is 9.48 Å². The van der Waals surface area contributed by atoms with E-state index in [1.54, 1.807) is 30.1 Å². The molecule has 0 spiro atoms. The van der Waals surface area contributed by atoms with Crippen LogP contribution in [0.25, 0.3) is 0 Å². The second-order valence-corrected chi connectivity index (χ2v) is 5.30. The first-order valence-corrected chi connectivity index (χ1v) is 6.89. The molecule has 0 unspecified atom stereocenters. The van der Waals surface area contributed by atoms with Gasteiger partial charge in [-0.15, -0.1) is 0 Å². The van der Waals surface area contributed by atoms with Gasteiger partial charge in [0.2, 0.25) is 11.8 Å². The van der Waals surface area contributed by atoms with Gasteiger partial charge in [-0.05, 0) is 13.0 Å². The number of likely N-dealkylation sites (tertiary alicyclic amines) is 1. The zero-order chi connectivity index (χ0) is 15.7. The van der Waals surface area contributed by atoms with Crippen LogP contribution >= 0.6 is 0 Å². The number of carbonyl (C=O) groups excluding carboxylic acids is 1. The van der Waals surface area contributed by atoms with E-state index in [4.69, 9.17) is 4.52 Å². The van der Waals surface area contributed by atoms with Crippen LogP contribution < -0.4 is 0 Å². The number of amides is 1. The summed E-state index contributed by atoms with van der Waals surface area (Å²) >= 11 is 0. The summed E-state index contributed by atoms with van der Waals surface area (Å²) in [5.74, 6) is -2.92. The van der Waals surface area contributed by atoms with Gasteiger partial charge in [0.05, 0.1) is 6.54 Å². The SMILES string of the molecule is Cc1noc([C@@H]2CC(F)(F)CN2C(=O)CCn2cccn2)n1. The average Bonchev–Trinajstić information content (AvgIpc) is 3.15. The summed E-state index contributed by atoms with van der Waals surface area (Å²) in [4.78, 5) is 17.4. The Morgan fingerprint density at radius 1 is 1.55 bits per heavy atom. The first-order chi connectivity index (χ1) is 10.4. The standard InChI is InChI=1S/C13H15F2N5O2/c1-9-17-12(22-18-9)10-7-13(14,15)8-20(10)11(21)3-6-19-5-2-4-16-19/h2,4-5,10H,3,6-8H2,1H3/t10-/m0/s1. The summed E-state index contributed by atoms with van der Waals surface area (Å²) < 4.78 is 34.0. The molecule has 0 aromatic carbocycles. The highest BCUT2D eigenvalue weighted by Gasteiger charge is 2.49. The minimum atomic E-state index is -2.95. The van der Waals surface area contributed by atoms with Crippen molar-refractivity contribution in [2.24, 2.45) is 0 Å². The van der Waals surface area contributed by atoms with E-state index in [0.29, 0.717) is 12.4 Å². The van der Waals surface area contributed by atoms with Crippen LogP contribution in [0.2, 0.25) is 0 Å². The Hall–Kier alpha value is -2.32. The fourth-order valence-electron chi connectivity index (χ4n) is 2.53. The molecule has 7 nitrogen and oxygen atoms in total. The van der Waals surface area contributed by atoms with E-state index in [0.717, 1.165) is 4.90 Å². The highest BCUT2D eigenvalue weighted by atomic mass is 19.3. The molecule has 118 valence electrons. The van der Waals surface area contributed by atoms with Crippen molar-refractivity contribution in [3.8, 4) is 0 Å². The van der Waals surface area contributed by atoms with E-state index < -0.39 is 24.9 Å². The summed E-state index contributed by atoms with van der Waals surface area (Å²) in [7, 11) is 0. The molecule has 0 N–H and O–H groups in total. The van der Waals surface area contributed by atoms with Crippen molar-refractivity contribution >= 4 is 5.91 Å². The van der Waals surface area contributed by atoms with E-state index >= 15 is 0 Å². The number of rotatable bonds is 4. The van der Waals surface area contributed by atoms with Gasteiger partial charge >= 0.3 is 0 Å². The average molecular weight is 311 g/mol. The quantitative estimate of drug-likeness (QED) is 0.856. The van der Waals surface area contributed by atoms with Crippen LogP contribution in [0.5, 0.6) is 0 Å². The van der Waals surface area contributed by atoms with Gasteiger partial charge in [0.1, 0.15) is 6.04 Å². The largest absolute Gasteiger partial charge is 0.337 e. The summed E-state index contributed by atoms with van der Waals surface area (Å²) in [6.07, 6.45) is 2.90. The van der Waals surface area contributed by atoms with Crippen LogP contribution in [0.1, 0.15) is 30.6 Å². The smallest absolute Gasteiger partial charge is 0.267 e. The van der Waals surface area contributed by atoms with Crippen LogP contribution in [0, 0.1) is 6.92 Å². The number of alkyl halides is 2. The molecule has 3 heterocycles. The fraction of sp³-hybridized carbons (Fsp3) is 0.538. The Morgan fingerprint density at radius 3 is 3.00 bits per heavy atom. The van der Waals surface area contributed by atoms with E-state index in [-0.39, 0.29) is 18.2 Å². The Bertz CT molecular complexity index is 655. The number of hydrogen-bond acceptors (Lipinski definition) is 5. The summed E-state index contributed by atoms with van der Waals surface area (Å²) in [6.45, 7) is 1.31. The lowest BCUT2D eigenvalue weighted by molar-refractivity contribution is -0.134. The molecular weight excluding hydrogens is 296 g/mol. The molecule has 1 atom stereocenters. The predicted octanol–water partition coefficient (Wildman–Crippen LogP) is 1.57. The second-order valence-electron chi connectivity index (χ2n) is 5.30.